The van der Waals surface area contributed by atoms with Crippen molar-refractivity contribution >= 4 is 45.8 Å². The van der Waals surface area contributed by atoms with E-state index in [4.69, 9.17) is 5.26 Å². The minimum atomic E-state index is -0.192. The van der Waals surface area contributed by atoms with Crippen LogP contribution in [-0.4, -0.2) is 25.5 Å². The predicted octanol–water partition coefficient (Wildman–Crippen LogP) is 3.73. The van der Waals surface area contributed by atoms with Crippen LogP contribution < -0.4 is 5.56 Å². The molecule has 0 atom stereocenters. The van der Waals surface area contributed by atoms with Gasteiger partial charge in [-0.3, -0.25) is 9.36 Å². The summed E-state index contributed by atoms with van der Waals surface area (Å²) in [6.07, 6.45) is 0. The number of nitriles is 1. The summed E-state index contributed by atoms with van der Waals surface area (Å²) in [7, 11) is 0. The molecule has 0 fully saturated rings. The van der Waals surface area contributed by atoms with Gasteiger partial charge in [-0.1, -0.05) is 59.1 Å². The van der Waals surface area contributed by atoms with E-state index in [1.54, 1.807) is 30.0 Å². The third kappa shape index (κ3) is 4.33. The summed E-state index contributed by atoms with van der Waals surface area (Å²) in [5, 5.41) is 17.9. The monoisotopic (exact) mass is 401 g/mol. The van der Waals surface area contributed by atoms with E-state index in [1.807, 2.05) is 19.1 Å². The van der Waals surface area contributed by atoms with Gasteiger partial charge in [0.05, 0.1) is 22.7 Å². The van der Waals surface area contributed by atoms with E-state index in [9.17, 15) is 4.79 Å². The Morgan fingerprint density at radius 1 is 1.31 bits per heavy atom. The lowest BCUT2D eigenvalue weighted by Crippen LogP contribution is -2.24. The molecule has 2 aromatic heterocycles. The van der Waals surface area contributed by atoms with E-state index in [-0.39, 0.29) is 12.1 Å². The lowest BCUT2D eigenvalue weighted by atomic mass is 10.2. The largest absolute Gasteiger partial charge is 0.281 e. The summed E-state index contributed by atoms with van der Waals surface area (Å²) in [5.41, 5.74) is 1.53. The van der Waals surface area contributed by atoms with Gasteiger partial charge in [-0.25, -0.2) is 4.98 Å². The molecular weight excluding hydrogens is 386 g/mol. The Balaban J connectivity index is 1.82. The fourth-order valence-corrected chi connectivity index (χ4v) is 4.99. The highest BCUT2D eigenvalue weighted by Gasteiger charge is 2.13. The molecule has 2 heterocycles. The highest BCUT2D eigenvalue weighted by atomic mass is 32.2. The molecule has 1 aromatic carbocycles. The second-order valence-electron chi connectivity index (χ2n) is 5.46. The second-order valence-corrected chi connectivity index (χ2v) is 8.89. The van der Waals surface area contributed by atoms with Crippen molar-refractivity contribution < 1.29 is 0 Å². The minimum absolute atomic E-state index is 0.0254. The van der Waals surface area contributed by atoms with Crippen molar-refractivity contribution in [2.75, 3.05) is 5.75 Å². The van der Waals surface area contributed by atoms with Crippen molar-refractivity contribution in [2.45, 2.75) is 27.9 Å². The van der Waals surface area contributed by atoms with Crippen LogP contribution >= 0.6 is 34.9 Å². The van der Waals surface area contributed by atoms with Gasteiger partial charge in [0.2, 0.25) is 0 Å². The van der Waals surface area contributed by atoms with Crippen molar-refractivity contribution in [3.05, 3.63) is 52.6 Å². The zero-order chi connectivity index (χ0) is 18.5. The lowest BCUT2D eigenvalue weighted by molar-refractivity contribution is 0.730. The molecule has 0 bridgehead atoms. The Kier molecular flexibility index (Phi) is 6.08. The molecule has 0 spiro atoms. The van der Waals surface area contributed by atoms with Gasteiger partial charge in [0.15, 0.2) is 8.68 Å². The van der Waals surface area contributed by atoms with Gasteiger partial charge in [0.1, 0.15) is 12.4 Å². The summed E-state index contributed by atoms with van der Waals surface area (Å²) in [4.78, 5) is 17.2. The molecule has 0 amide bonds. The van der Waals surface area contributed by atoms with Crippen molar-refractivity contribution in [1.29, 1.82) is 5.26 Å². The molecule has 0 aliphatic heterocycles. The fraction of sp³-hybridized carbons (Fsp3) is 0.235. The Morgan fingerprint density at radius 3 is 2.77 bits per heavy atom. The van der Waals surface area contributed by atoms with E-state index in [0.717, 1.165) is 20.0 Å². The quantitative estimate of drug-likeness (QED) is 0.440. The normalized spacial score (nSPS) is 10.8. The third-order valence-corrected chi connectivity index (χ3v) is 6.74. The number of fused-ring (bicyclic) bond motifs is 1. The van der Waals surface area contributed by atoms with Gasteiger partial charge >= 0.3 is 0 Å². The van der Waals surface area contributed by atoms with Gasteiger partial charge in [0.25, 0.3) is 5.56 Å². The number of hydrogen-bond acceptors (Lipinski definition) is 8. The molecule has 0 radical (unpaired) electrons. The van der Waals surface area contributed by atoms with Gasteiger partial charge in [0, 0.05) is 5.75 Å². The van der Waals surface area contributed by atoms with Crippen molar-refractivity contribution in [1.82, 2.24) is 19.7 Å². The Hall–Kier alpha value is -2.15. The molecule has 3 rings (SSSR count). The van der Waals surface area contributed by atoms with Gasteiger partial charge in [-0.05, 0) is 19.1 Å². The van der Waals surface area contributed by atoms with Crippen LogP contribution in [0.25, 0.3) is 10.9 Å². The minimum Gasteiger partial charge on any atom is -0.281 e. The zero-order valence-electron chi connectivity index (χ0n) is 14.0. The molecule has 0 N–H and O–H groups in total. The first-order valence-electron chi connectivity index (χ1n) is 7.67. The highest BCUT2D eigenvalue weighted by Crippen LogP contribution is 2.31. The average Bonchev–Trinajstić information content (AvgIpc) is 3.09. The van der Waals surface area contributed by atoms with Crippen molar-refractivity contribution in [3.63, 3.8) is 0 Å². The van der Waals surface area contributed by atoms with Crippen molar-refractivity contribution in [3.8, 4) is 6.07 Å². The maximum Gasteiger partial charge on any atom is 0.262 e. The second kappa shape index (κ2) is 8.49. The molecule has 0 saturated heterocycles. The first-order valence-corrected chi connectivity index (χ1v) is 10.5. The fourth-order valence-electron chi connectivity index (χ4n) is 2.18. The molecular formula is C17H15N5OS3. The van der Waals surface area contributed by atoms with E-state index in [0.29, 0.717) is 22.5 Å². The molecule has 0 aliphatic carbocycles. The number of thioether (sulfide) groups is 2. The summed E-state index contributed by atoms with van der Waals surface area (Å²) in [5.74, 6) is 1.82. The number of nitrogens with zero attached hydrogens (tertiary/aromatic N) is 5. The van der Waals surface area contributed by atoms with Gasteiger partial charge < -0.3 is 0 Å². The van der Waals surface area contributed by atoms with Gasteiger partial charge in [-0.15, -0.1) is 10.2 Å². The molecule has 0 saturated carbocycles. The van der Waals surface area contributed by atoms with Crippen LogP contribution in [-0.2, 0) is 12.3 Å². The number of hydrogen-bond donors (Lipinski definition) is 0. The summed E-state index contributed by atoms with van der Waals surface area (Å²) >= 11 is 4.57. The van der Waals surface area contributed by atoms with E-state index >= 15 is 0 Å². The van der Waals surface area contributed by atoms with Gasteiger partial charge in [-0.2, -0.15) is 5.26 Å². The average molecular weight is 402 g/mol. The van der Waals surface area contributed by atoms with E-state index in [1.165, 1.54) is 27.7 Å². The molecule has 9 heteroatoms. The van der Waals surface area contributed by atoms with Crippen LogP contribution in [0.3, 0.4) is 0 Å². The summed E-state index contributed by atoms with van der Waals surface area (Å²) in [6.45, 7) is 5.83. The number of aromatic nitrogens is 4. The third-order valence-electron chi connectivity index (χ3n) is 3.32. The maximum absolute atomic E-state index is 12.6. The van der Waals surface area contributed by atoms with Crippen LogP contribution in [0.5, 0.6) is 0 Å². The smallest absolute Gasteiger partial charge is 0.262 e. The zero-order valence-corrected chi connectivity index (χ0v) is 16.5. The molecule has 26 heavy (non-hydrogen) atoms. The SMILES string of the molecule is C=C(C)CSc1nnc(SCc2nc3ccccc3c(=O)n2CC#N)s1. The highest BCUT2D eigenvalue weighted by molar-refractivity contribution is 8.03. The number of benzene rings is 1. The Bertz CT molecular complexity index is 1050. The predicted molar refractivity (Wildman–Crippen MR) is 107 cm³/mol. The molecule has 6 nitrogen and oxygen atoms in total. The Labute approximate surface area is 163 Å². The topological polar surface area (TPSA) is 84.5 Å². The maximum atomic E-state index is 12.6. The van der Waals surface area contributed by atoms with Crippen LogP contribution in [0.1, 0.15) is 12.7 Å². The van der Waals surface area contributed by atoms with Crippen LogP contribution in [0, 0.1) is 11.3 Å². The van der Waals surface area contributed by atoms with Crippen LogP contribution in [0.15, 0.2) is 49.9 Å². The lowest BCUT2D eigenvalue weighted by Gasteiger charge is -2.09. The molecule has 132 valence electrons. The van der Waals surface area contributed by atoms with Crippen LogP contribution in [0.2, 0.25) is 0 Å². The molecule has 3 aromatic rings. The summed E-state index contributed by atoms with van der Waals surface area (Å²) in [6, 6.07) is 9.21. The van der Waals surface area contributed by atoms with Crippen LogP contribution in [0.4, 0.5) is 0 Å². The molecule has 0 unspecified atom stereocenters. The van der Waals surface area contributed by atoms with Crippen molar-refractivity contribution in [2.24, 2.45) is 0 Å². The van der Waals surface area contributed by atoms with E-state index in [2.05, 4.69) is 21.8 Å². The number of rotatable bonds is 7. The standard InChI is InChI=1S/C17H15N5OS3/c1-11(2)9-24-16-20-21-17(26-16)25-10-14-19-13-6-4-3-5-12(13)15(23)22(14)8-7-18/h3-6H,1,8-10H2,2H3. The Morgan fingerprint density at radius 2 is 2.04 bits per heavy atom. The molecule has 0 aliphatic rings. The first kappa shape index (κ1) is 18.6. The summed E-state index contributed by atoms with van der Waals surface area (Å²) < 4.78 is 3.11. The number of para-hydroxylation sites is 1. The first-order chi connectivity index (χ1) is 12.6. The van der Waals surface area contributed by atoms with E-state index < -0.39 is 0 Å².